The van der Waals surface area contributed by atoms with Crippen LogP contribution in [0.5, 0.6) is 0 Å². The molecule has 1 N–H and O–H groups in total. The van der Waals surface area contributed by atoms with Crippen LogP contribution in [0.15, 0.2) is 12.4 Å². The summed E-state index contributed by atoms with van der Waals surface area (Å²) in [4.78, 5) is 8.69. The van der Waals surface area contributed by atoms with Gasteiger partial charge in [-0.05, 0) is 50.3 Å². The first-order valence-electron chi connectivity index (χ1n) is 6.27. The van der Waals surface area contributed by atoms with Gasteiger partial charge in [0.1, 0.15) is 6.33 Å². The lowest BCUT2D eigenvalue weighted by Crippen LogP contribution is -2.28. The summed E-state index contributed by atoms with van der Waals surface area (Å²) in [6, 6.07) is 2.17. The summed E-state index contributed by atoms with van der Waals surface area (Å²) < 4.78 is 0. The summed E-state index contributed by atoms with van der Waals surface area (Å²) in [5.41, 5.74) is 2.38. The van der Waals surface area contributed by atoms with Gasteiger partial charge in [0.15, 0.2) is 0 Å². The predicted molar refractivity (Wildman–Crippen MR) is 65.4 cm³/mol. The molecule has 0 unspecified atom stereocenters. The largest absolute Gasteiger partial charge is 0.317 e. The van der Waals surface area contributed by atoms with Gasteiger partial charge in [-0.2, -0.15) is 0 Å². The highest BCUT2D eigenvalue weighted by atomic mass is 14.9. The van der Waals surface area contributed by atoms with Crippen molar-refractivity contribution in [3.8, 4) is 0 Å². The Labute approximate surface area is 97.7 Å². The van der Waals surface area contributed by atoms with Crippen molar-refractivity contribution in [3.05, 3.63) is 23.8 Å². The number of hydrogen-bond acceptors (Lipinski definition) is 3. The number of nitrogens with zero attached hydrogens (tertiary/aromatic N) is 2. The fourth-order valence-electron chi connectivity index (χ4n) is 2.22. The Hall–Kier alpha value is -0.960. The minimum Gasteiger partial charge on any atom is -0.317 e. The molecule has 1 aliphatic heterocycles. The molecule has 0 aromatic carbocycles. The molecule has 1 aliphatic rings. The Morgan fingerprint density at radius 1 is 1.31 bits per heavy atom. The third-order valence-electron chi connectivity index (χ3n) is 3.29. The van der Waals surface area contributed by atoms with Crippen molar-refractivity contribution < 1.29 is 0 Å². The van der Waals surface area contributed by atoms with Crippen molar-refractivity contribution in [2.24, 2.45) is 5.92 Å². The van der Waals surface area contributed by atoms with Crippen LogP contribution in [0.3, 0.4) is 0 Å². The maximum atomic E-state index is 4.38. The second kappa shape index (κ2) is 5.39. The average molecular weight is 219 g/mol. The molecule has 1 aromatic rings. The Balaban J connectivity index is 2.00. The van der Waals surface area contributed by atoms with Gasteiger partial charge in [0.25, 0.3) is 0 Å². The molecule has 0 amide bonds. The van der Waals surface area contributed by atoms with Crippen LogP contribution < -0.4 is 5.32 Å². The highest BCUT2D eigenvalue weighted by molar-refractivity contribution is 5.12. The van der Waals surface area contributed by atoms with E-state index in [1.54, 1.807) is 6.33 Å². The number of aromatic nitrogens is 2. The molecule has 2 heterocycles. The van der Waals surface area contributed by atoms with Gasteiger partial charge in [-0.3, -0.25) is 0 Å². The smallest absolute Gasteiger partial charge is 0.115 e. The first kappa shape index (κ1) is 11.5. The highest BCUT2D eigenvalue weighted by Crippen LogP contribution is 2.18. The van der Waals surface area contributed by atoms with Crippen LogP contribution in [0.1, 0.15) is 44.0 Å². The molecule has 0 bridgehead atoms. The number of piperidine rings is 1. The molecule has 1 saturated heterocycles. The van der Waals surface area contributed by atoms with Gasteiger partial charge in [0.05, 0.1) is 0 Å². The maximum absolute atomic E-state index is 4.38. The van der Waals surface area contributed by atoms with Crippen LogP contribution in [0.25, 0.3) is 0 Å². The van der Waals surface area contributed by atoms with E-state index in [9.17, 15) is 0 Å². The molecule has 1 aromatic heterocycles. The van der Waals surface area contributed by atoms with Gasteiger partial charge in [-0.25, -0.2) is 9.97 Å². The monoisotopic (exact) mass is 219 g/mol. The molecule has 0 saturated carbocycles. The zero-order valence-corrected chi connectivity index (χ0v) is 10.2. The second-order valence-electron chi connectivity index (χ2n) is 4.99. The van der Waals surface area contributed by atoms with Crippen molar-refractivity contribution in [1.29, 1.82) is 0 Å². The van der Waals surface area contributed by atoms with Crippen molar-refractivity contribution in [2.75, 3.05) is 13.1 Å². The maximum Gasteiger partial charge on any atom is 0.115 e. The Morgan fingerprint density at radius 2 is 2.06 bits per heavy atom. The van der Waals surface area contributed by atoms with Crippen molar-refractivity contribution in [1.82, 2.24) is 15.3 Å². The summed E-state index contributed by atoms with van der Waals surface area (Å²) in [6.45, 7) is 6.67. The van der Waals surface area contributed by atoms with Gasteiger partial charge < -0.3 is 5.32 Å². The van der Waals surface area contributed by atoms with Gasteiger partial charge in [-0.1, -0.05) is 13.8 Å². The normalized spacial score (nSPS) is 17.9. The van der Waals surface area contributed by atoms with Crippen LogP contribution in [0.4, 0.5) is 0 Å². The molecule has 1 fully saturated rings. The summed E-state index contributed by atoms with van der Waals surface area (Å²) in [5, 5.41) is 3.40. The van der Waals surface area contributed by atoms with Gasteiger partial charge >= 0.3 is 0 Å². The average Bonchev–Trinajstić information content (AvgIpc) is 2.30. The topological polar surface area (TPSA) is 37.8 Å². The molecule has 3 heteroatoms. The lowest BCUT2D eigenvalue weighted by Gasteiger charge is -2.22. The molecule has 3 nitrogen and oxygen atoms in total. The molecule has 0 spiro atoms. The Bertz CT molecular complexity index is 330. The standard InChI is InChI=1S/C13H21N3/c1-10(2)13-8-12(15-9-16-13)7-11-3-5-14-6-4-11/h8-11,14H,3-7H2,1-2H3. The number of rotatable bonds is 3. The molecular weight excluding hydrogens is 198 g/mol. The fourth-order valence-corrected chi connectivity index (χ4v) is 2.22. The SMILES string of the molecule is CC(C)c1cc(CC2CCNCC2)ncn1. The third-order valence-corrected chi connectivity index (χ3v) is 3.29. The van der Waals surface area contributed by atoms with E-state index in [1.165, 1.54) is 24.2 Å². The quantitative estimate of drug-likeness (QED) is 0.846. The van der Waals surface area contributed by atoms with Crippen molar-refractivity contribution >= 4 is 0 Å². The lowest BCUT2D eigenvalue weighted by atomic mass is 9.92. The van der Waals surface area contributed by atoms with E-state index in [-0.39, 0.29) is 0 Å². The van der Waals surface area contributed by atoms with Crippen molar-refractivity contribution in [2.45, 2.75) is 39.0 Å². The summed E-state index contributed by atoms with van der Waals surface area (Å²) in [6.07, 6.45) is 5.39. The first-order chi connectivity index (χ1) is 7.75. The van der Waals surface area contributed by atoms with E-state index in [2.05, 4.69) is 35.2 Å². The minimum atomic E-state index is 0.495. The molecule has 88 valence electrons. The summed E-state index contributed by atoms with van der Waals surface area (Å²) in [7, 11) is 0. The van der Waals surface area contributed by atoms with Gasteiger partial charge in [-0.15, -0.1) is 0 Å². The summed E-state index contributed by atoms with van der Waals surface area (Å²) >= 11 is 0. The molecule has 0 atom stereocenters. The van der Waals surface area contributed by atoms with Gasteiger partial charge in [0.2, 0.25) is 0 Å². The number of nitrogens with one attached hydrogen (secondary N) is 1. The Morgan fingerprint density at radius 3 is 2.75 bits per heavy atom. The van der Waals surface area contributed by atoms with E-state index in [1.807, 2.05) is 0 Å². The lowest BCUT2D eigenvalue weighted by molar-refractivity contribution is 0.370. The van der Waals surface area contributed by atoms with E-state index in [0.717, 1.165) is 25.4 Å². The van der Waals surface area contributed by atoms with Crippen LogP contribution in [-0.4, -0.2) is 23.1 Å². The Kier molecular flexibility index (Phi) is 3.88. The van der Waals surface area contributed by atoms with E-state index in [4.69, 9.17) is 0 Å². The van der Waals surface area contributed by atoms with Gasteiger partial charge in [0, 0.05) is 11.4 Å². The molecule has 16 heavy (non-hydrogen) atoms. The van der Waals surface area contributed by atoms with E-state index in [0.29, 0.717) is 5.92 Å². The number of hydrogen-bond donors (Lipinski definition) is 1. The van der Waals surface area contributed by atoms with Crippen LogP contribution in [0, 0.1) is 5.92 Å². The van der Waals surface area contributed by atoms with E-state index >= 15 is 0 Å². The van der Waals surface area contributed by atoms with E-state index < -0.39 is 0 Å². The molecule has 2 rings (SSSR count). The highest BCUT2D eigenvalue weighted by Gasteiger charge is 2.14. The summed E-state index contributed by atoms with van der Waals surface area (Å²) in [5.74, 6) is 1.30. The van der Waals surface area contributed by atoms with Crippen LogP contribution in [0.2, 0.25) is 0 Å². The molecule has 0 aliphatic carbocycles. The fraction of sp³-hybridized carbons (Fsp3) is 0.692. The molecule has 0 radical (unpaired) electrons. The molecular formula is C13H21N3. The third kappa shape index (κ3) is 3.01. The zero-order chi connectivity index (χ0) is 11.4. The predicted octanol–water partition coefficient (Wildman–Crippen LogP) is 2.14. The van der Waals surface area contributed by atoms with Crippen LogP contribution in [-0.2, 0) is 6.42 Å². The second-order valence-corrected chi connectivity index (χ2v) is 4.99. The van der Waals surface area contributed by atoms with Crippen molar-refractivity contribution in [3.63, 3.8) is 0 Å². The minimum absolute atomic E-state index is 0.495. The zero-order valence-electron chi connectivity index (χ0n) is 10.2. The van der Waals surface area contributed by atoms with Crippen LogP contribution >= 0.6 is 0 Å². The first-order valence-corrected chi connectivity index (χ1v) is 6.27.